The Balaban J connectivity index is 1.87. The molecule has 0 unspecified atom stereocenters. The highest BCUT2D eigenvalue weighted by molar-refractivity contribution is 6.18. The molecule has 1 amide bonds. The lowest BCUT2D eigenvalue weighted by Gasteiger charge is -2.31. The molecule has 0 atom stereocenters. The van der Waals surface area contributed by atoms with Crippen molar-refractivity contribution in [1.29, 1.82) is 0 Å². The Morgan fingerprint density at radius 1 is 1.28 bits per heavy atom. The average Bonchev–Trinajstić information content (AvgIpc) is 2.41. The van der Waals surface area contributed by atoms with Crippen LogP contribution in [0.25, 0.3) is 0 Å². The largest absolute Gasteiger partial charge is 0.342 e. The van der Waals surface area contributed by atoms with E-state index in [1.165, 1.54) is 12.1 Å². The highest BCUT2D eigenvalue weighted by Crippen LogP contribution is 2.19. The van der Waals surface area contributed by atoms with Gasteiger partial charge in [0.1, 0.15) is 5.82 Å². The van der Waals surface area contributed by atoms with Gasteiger partial charge in [0.15, 0.2) is 0 Å². The van der Waals surface area contributed by atoms with Gasteiger partial charge < -0.3 is 4.90 Å². The lowest BCUT2D eigenvalue weighted by molar-refractivity contribution is -0.131. The lowest BCUT2D eigenvalue weighted by Crippen LogP contribution is -2.39. The monoisotopic (exact) mass is 269 g/mol. The summed E-state index contributed by atoms with van der Waals surface area (Å²) < 4.78 is 12.8. The molecule has 0 N–H and O–H groups in total. The zero-order valence-electron chi connectivity index (χ0n) is 10.2. The summed E-state index contributed by atoms with van der Waals surface area (Å²) in [4.78, 5) is 13.9. The van der Waals surface area contributed by atoms with E-state index in [-0.39, 0.29) is 11.7 Å². The van der Waals surface area contributed by atoms with Crippen LogP contribution in [0, 0.1) is 11.7 Å². The summed E-state index contributed by atoms with van der Waals surface area (Å²) >= 11 is 5.81. The van der Waals surface area contributed by atoms with Gasteiger partial charge in [0.2, 0.25) is 5.91 Å². The Labute approximate surface area is 112 Å². The van der Waals surface area contributed by atoms with E-state index in [2.05, 4.69) is 0 Å². The van der Waals surface area contributed by atoms with Gasteiger partial charge in [-0.15, -0.1) is 11.6 Å². The van der Waals surface area contributed by atoms with Crippen LogP contribution in [0.15, 0.2) is 24.3 Å². The number of hydrogen-bond acceptors (Lipinski definition) is 1. The van der Waals surface area contributed by atoms with Crippen LogP contribution in [0.2, 0.25) is 0 Å². The van der Waals surface area contributed by atoms with Crippen molar-refractivity contribution in [1.82, 2.24) is 4.90 Å². The van der Waals surface area contributed by atoms with Gasteiger partial charge in [-0.25, -0.2) is 4.39 Å². The number of alkyl halides is 1. The number of amides is 1. The van der Waals surface area contributed by atoms with Gasteiger partial charge in [0.25, 0.3) is 0 Å². The maximum atomic E-state index is 12.8. The highest BCUT2D eigenvalue weighted by Gasteiger charge is 2.22. The van der Waals surface area contributed by atoms with Crippen molar-refractivity contribution >= 4 is 17.5 Å². The Morgan fingerprint density at radius 3 is 2.44 bits per heavy atom. The van der Waals surface area contributed by atoms with E-state index >= 15 is 0 Å². The third-order valence-electron chi connectivity index (χ3n) is 3.45. The average molecular weight is 270 g/mol. The minimum absolute atomic E-state index is 0.120. The van der Waals surface area contributed by atoms with Crippen LogP contribution in [0.4, 0.5) is 4.39 Å². The Bertz CT molecular complexity index is 399. The van der Waals surface area contributed by atoms with Crippen LogP contribution in [0.1, 0.15) is 18.4 Å². The molecule has 0 aromatic heterocycles. The second-order valence-corrected chi connectivity index (χ2v) is 5.09. The maximum Gasteiger partial charge on any atom is 0.226 e. The van der Waals surface area contributed by atoms with Crippen molar-refractivity contribution in [3.8, 4) is 0 Å². The third kappa shape index (κ3) is 3.45. The molecule has 1 aromatic rings. The Kier molecular flexibility index (Phi) is 4.59. The van der Waals surface area contributed by atoms with E-state index in [9.17, 15) is 9.18 Å². The number of halogens is 2. The summed E-state index contributed by atoms with van der Waals surface area (Å²) in [5.74, 6) is 1.07. The topological polar surface area (TPSA) is 20.3 Å². The molecule has 0 aliphatic carbocycles. The SMILES string of the molecule is O=C(Cc1ccc(F)cc1)N1CCC(CCl)CC1. The summed E-state index contributed by atoms with van der Waals surface area (Å²) in [7, 11) is 0. The number of rotatable bonds is 3. The van der Waals surface area contributed by atoms with Crippen LogP contribution in [0.5, 0.6) is 0 Å². The van der Waals surface area contributed by atoms with E-state index in [0.29, 0.717) is 18.2 Å². The molecule has 4 heteroatoms. The maximum absolute atomic E-state index is 12.8. The van der Waals surface area contributed by atoms with Crippen molar-refractivity contribution in [2.24, 2.45) is 5.92 Å². The van der Waals surface area contributed by atoms with E-state index < -0.39 is 0 Å². The first-order chi connectivity index (χ1) is 8.69. The molecule has 1 heterocycles. The van der Waals surface area contributed by atoms with Crippen LogP contribution < -0.4 is 0 Å². The number of carbonyl (C=O) groups is 1. The molecule has 2 nitrogen and oxygen atoms in total. The van der Waals surface area contributed by atoms with Gasteiger partial charge in [-0.05, 0) is 36.5 Å². The van der Waals surface area contributed by atoms with Crippen molar-refractivity contribution in [2.45, 2.75) is 19.3 Å². The van der Waals surface area contributed by atoms with Gasteiger partial charge in [-0.1, -0.05) is 12.1 Å². The summed E-state index contributed by atoms with van der Waals surface area (Å²) in [5, 5.41) is 0. The van der Waals surface area contributed by atoms with Gasteiger partial charge in [0, 0.05) is 19.0 Å². The molecule has 0 saturated carbocycles. The molecule has 1 saturated heterocycles. The molecule has 1 aliphatic heterocycles. The first kappa shape index (κ1) is 13.3. The Hall–Kier alpha value is -1.09. The smallest absolute Gasteiger partial charge is 0.226 e. The van der Waals surface area contributed by atoms with Gasteiger partial charge in [0.05, 0.1) is 6.42 Å². The second-order valence-electron chi connectivity index (χ2n) is 4.78. The van der Waals surface area contributed by atoms with Gasteiger partial charge >= 0.3 is 0 Å². The second kappa shape index (κ2) is 6.19. The molecule has 1 aliphatic rings. The van der Waals surface area contributed by atoms with Crippen molar-refractivity contribution in [3.05, 3.63) is 35.6 Å². The number of nitrogens with zero attached hydrogens (tertiary/aromatic N) is 1. The minimum Gasteiger partial charge on any atom is -0.342 e. The third-order valence-corrected chi connectivity index (χ3v) is 3.89. The van der Waals surface area contributed by atoms with Crippen molar-refractivity contribution in [3.63, 3.8) is 0 Å². The molecule has 1 fully saturated rings. The summed E-state index contributed by atoms with van der Waals surface area (Å²) in [6, 6.07) is 6.11. The number of piperidine rings is 1. The summed E-state index contributed by atoms with van der Waals surface area (Å²) in [5.41, 5.74) is 0.862. The molecule has 18 heavy (non-hydrogen) atoms. The molecule has 0 radical (unpaired) electrons. The molecule has 0 bridgehead atoms. The zero-order valence-corrected chi connectivity index (χ0v) is 11.0. The number of hydrogen-bond donors (Lipinski definition) is 0. The van der Waals surface area contributed by atoms with Crippen molar-refractivity contribution < 1.29 is 9.18 Å². The number of likely N-dealkylation sites (tertiary alicyclic amines) is 1. The van der Waals surface area contributed by atoms with Gasteiger partial charge in [-0.2, -0.15) is 0 Å². The minimum atomic E-state index is -0.269. The summed E-state index contributed by atoms with van der Waals surface area (Å²) in [6.45, 7) is 1.58. The fourth-order valence-corrected chi connectivity index (χ4v) is 2.53. The number of carbonyl (C=O) groups excluding carboxylic acids is 1. The van der Waals surface area contributed by atoms with E-state index in [1.807, 2.05) is 4.90 Å². The van der Waals surface area contributed by atoms with Crippen LogP contribution in [-0.2, 0) is 11.2 Å². The first-order valence-electron chi connectivity index (χ1n) is 6.27. The quantitative estimate of drug-likeness (QED) is 0.773. The fourth-order valence-electron chi connectivity index (χ4n) is 2.23. The van der Waals surface area contributed by atoms with Crippen molar-refractivity contribution in [2.75, 3.05) is 19.0 Å². The predicted molar refractivity (Wildman–Crippen MR) is 70.1 cm³/mol. The molecular weight excluding hydrogens is 253 g/mol. The van der Waals surface area contributed by atoms with Crippen LogP contribution in [0.3, 0.4) is 0 Å². The first-order valence-corrected chi connectivity index (χ1v) is 6.80. The molecule has 98 valence electrons. The van der Waals surface area contributed by atoms with Crippen LogP contribution >= 0.6 is 11.6 Å². The highest BCUT2D eigenvalue weighted by atomic mass is 35.5. The fraction of sp³-hybridized carbons (Fsp3) is 0.500. The molecule has 2 rings (SSSR count). The molecular formula is C14H17ClFNO. The standard InChI is InChI=1S/C14H17ClFNO/c15-10-12-5-7-17(8-6-12)14(18)9-11-1-3-13(16)4-2-11/h1-4,12H,5-10H2. The lowest BCUT2D eigenvalue weighted by atomic mass is 9.98. The van der Waals surface area contributed by atoms with E-state index in [4.69, 9.17) is 11.6 Å². The van der Waals surface area contributed by atoms with Crippen LogP contribution in [-0.4, -0.2) is 29.8 Å². The predicted octanol–water partition coefficient (Wildman–Crippen LogP) is 2.85. The normalized spacial score (nSPS) is 16.9. The van der Waals surface area contributed by atoms with E-state index in [0.717, 1.165) is 31.5 Å². The van der Waals surface area contributed by atoms with Gasteiger partial charge in [-0.3, -0.25) is 4.79 Å². The van der Waals surface area contributed by atoms with E-state index in [1.54, 1.807) is 12.1 Å². The molecule has 1 aromatic carbocycles. The Morgan fingerprint density at radius 2 is 1.89 bits per heavy atom. The number of benzene rings is 1. The zero-order chi connectivity index (χ0) is 13.0. The molecule has 0 spiro atoms. The summed E-state index contributed by atoms with van der Waals surface area (Å²) in [6.07, 6.45) is 2.32.